The maximum absolute atomic E-state index is 12.8. The average Bonchev–Trinajstić information content (AvgIpc) is 2.45. The van der Waals surface area contributed by atoms with Crippen molar-refractivity contribution in [2.45, 2.75) is 26.4 Å². The third-order valence-electron chi connectivity index (χ3n) is 3.27. The minimum absolute atomic E-state index is 0.443. The molecule has 22 heavy (non-hydrogen) atoms. The highest BCUT2D eigenvalue weighted by molar-refractivity contribution is 5.53. The van der Waals surface area contributed by atoms with Crippen LogP contribution in [0.4, 0.5) is 18.9 Å². The maximum Gasteiger partial charge on any atom is 0.417 e. The summed E-state index contributed by atoms with van der Waals surface area (Å²) in [6.45, 7) is 4.61. The van der Waals surface area contributed by atoms with Gasteiger partial charge in [0, 0.05) is 24.5 Å². The van der Waals surface area contributed by atoms with Gasteiger partial charge in [0.05, 0.1) is 11.3 Å². The van der Waals surface area contributed by atoms with Crippen LogP contribution in [0.25, 0.3) is 5.69 Å². The highest BCUT2D eigenvalue weighted by atomic mass is 19.4. The van der Waals surface area contributed by atoms with Crippen molar-refractivity contribution in [1.29, 1.82) is 0 Å². The molecule has 2 rings (SSSR count). The molecule has 0 saturated heterocycles. The van der Waals surface area contributed by atoms with Crippen LogP contribution < -0.4 is 10.9 Å². The van der Waals surface area contributed by atoms with Gasteiger partial charge < -0.3 is 5.32 Å². The molecule has 0 radical (unpaired) electrons. The molecule has 1 N–H and O–H groups in total. The van der Waals surface area contributed by atoms with Crippen LogP contribution in [0, 0.1) is 6.92 Å². The Morgan fingerprint density at radius 1 is 1.18 bits per heavy atom. The first-order valence-electron chi connectivity index (χ1n) is 6.97. The van der Waals surface area contributed by atoms with Gasteiger partial charge in [-0.2, -0.15) is 13.2 Å². The molecule has 1 aromatic heterocycles. The van der Waals surface area contributed by atoms with Crippen molar-refractivity contribution in [3.63, 3.8) is 0 Å². The molecule has 3 nitrogen and oxygen atoms in total. The molecule has 0 aliphatic heterocycles. The van der Waals surface area contributed by atoms with Gasteiger partial charge in [0.25, 0.3) is 5.56 Å². The van der Waals surface area contributed by atoms with E-state index in [9.17, 15) is 18.0 Å². The highest BCUT2D eigenvalue weighted by Gasteiger charge is 2.31. The van der Waals surface area contributed by atoms with Gasteiger partial charge in [0.1, 0.15) is 0 Å². The van der Waals surface area contributed by atoms with Gasteiger partial charge in [-0.05, 0) is 43.2 Å². The number of aromatic nitrogens is 1. The predicted octanol–water partition coefficient (Wildman–Crippen LogP) is 3.99. The Kier molecular flexibility index (Phi) is 4.59. The molecule has 0 amide bonds. The van der Waals surface area contributed by atoms with Crippen LogP contribution in [0.1, 0.15) is 24.5 Å². The highest BCUT2D eigenvalue weighted by Crippen LogP contribution is 2.29. The number of nitrogens with zero attached hydrogens (tertiary/aromatic N) is 1. The van der Waals surface area contributed by atoms with E-state index in [0.717, 1.165) is 47.1 Å². The van der Waals surface area contributed by atoms with Crippen molar-refractivity contribution in [2.24, 2.45) is 0 Å². The van der Waals surface area contributed by atoms with Crippen LogP contribution in [0.2, 0.25) is 0 Å². The zero-order chi connectivity index (χ0) is 16.3. The van der Waals surface area contributed by atoms with Crippen LogP contribution >= 0.6 is 0 Å². The number of hydrogen-bond acceptors (Lipinski definition) is 2. The summed E-state index contributed by atoms with van der Waals surface area (Å²) >= 11 is 0. The van der Waals surface area contributed by atoms with Gasteiger partial charge in [-0.15, -0.1) is 0 Å². The summed E-state index contributed by atoms with van der Waals surface area (Å²) in [6, 6.07) is 6.95. The summed E-state index contributed by atoms with van der Waals surface area (Å²) in [6.07, 6.45) is -2.68. The van der Waals surface area contributed by atoms with E-state index in [4.69, 9.17) is 0 Å². The molecule has 0 aliphatic rings. The van der Waals surface area contributed by atoms with Gasteiger partial charge in [0.15, 0.2) is 0 Å². The molecular weight excluding hydrogens is 293 g/mol. The van der Waals surface area contributed by atoms with Crippen molar-refractivity contribution in [1.82, 2.24) is 4.57 Å². The second-order valence-electron chi connectivity index (χ2n) is 5.05. The summed E-state index contributed by atoms with van der Waals surface area (Å²) in [5, 5.41) is 3.20. The number of alkyl halides is 3. The topological polar surface area (TPSA) is 34.0 Å². The van der Waals surface area contributed by atoms with Gasteiger partial charge in [-0.1, -0.05) is 6.92 Å². The molecule has 6 heteroatoms. The standard InChI is InChI=1S/C16H17F3N2O/c1-3-8-20-13-5-6-14(11(2)9-13)21-10-12(16(17,18)19)4-7-15(21)22/h4-7,9-10,20H,3,8H2,1-2H3. The summed E-state index contributed by atoms with van der Waals surface area (Å²) < 4.78 is 39.4. The van der Waals surface area contributed by atoms with E-state index >= 15 is 0 Å². The SMILES string of the molecule is CCCNc1ccc(-n2cc(C(F)(F)F)ccc2=O)c(C)c1. The fourth-order valence-corrected chi connectivity index (χ4v) is 2.15. The lowest BCUT2D eigenvalue weighted by Gasteiger charge is -2.14. The largest absolute Gasteiger partial charge is 0.417 e. The van der Waals surface area contributed by atoms with Crippen molar-refractivity contribution >= 4 is 5.69 Å². The maximum atomic E-state index is 12.8. The number of aryl methyl sites for hydroxylation is 1. The lowest BCUT2D eigenvalue weighted by atomic mass is 10.1. The minimum atomic E-state index is -4.48. The van der Waals surface area contributed by atoms with Crippen LogP contribution in [-0.4, -0.2) is 11.1 Å². The molecule has 1 heterocycles. The van der Waals surface area contributed by atoms with Gasteiger partial charge in [0.2, 0.25) is 0 Å². The van der Waals surface area contributed by atoms with Crippen LogP contribution in [0.5, 0.6) is 0 Å². The third kappa shape index (κ3) is 3.50. The Morgan fingerprint density at radius 2 is 1.91 bits per heavy atom. The molecule has 0 fully saturated rings. The number of rotatable bonds is 4. The summed E-state index contributed by atoms with van der Waals surface area (Å²) in [5.41, 5.74) is 0.703. The smallest absolute Gasteiger partial charge is 0.385 e. The number of pyridine rings is 1. The Hall–Kier alpha value is -2.24. The van der Waals surface area contributed by atoms with Crippen molar-refractivity contribution < 1.29 is 13.2 Å². The van der Waals surface area contributed by atoms with Gasteiger partial charge >= 0.3 is 6.18 Å². The Morgan fingerprint density at radius 3 is 2.50 bits per heavy atom. The molecule has 0 atom stereocenters. The molecule has 1 aromatic carbocycles. The van der Waals surface area contributed by atoms with E-state index < -0.39 is 17.3 Å². The number of nitrogens with one attached hydrogen (secondary N) is 1. The first-order chi connectivity index (χ1) is 10.3. The summed E-state index contributed by atoms with van der Waals surface area (Å²) in [4.78, 5) is 11.9. The number of halogens is 3. The Balaban J connectivity index is 2.46. The first kappa shape index (κ1) is 16.1. The molecule has 0 saturated carbocycles. The van der Waals surface area contributed by atoms with Crippen molar-refractivity contribution in [2.75, 3.05) is 11.9 Å². The number of benzene rings is 1. The zero-order valence-corrected chi connectivity index (χ0v) is 12.4. The quantitative estimate of drug-likeness (QED) is 0.926. The van der Waals surface area contributed by atoms with Crippen molar-refractivity contribution in [3.05, 3.63) is 58.0 Å². The lowest BCUT2D eigenvalue weighted by molar-refractivity contribution is -0.138. The summed E-state index contributed by atoms with van der Waals surface area (Å²) in [7, 11) is 0. The minimum Gasteiger partial charge on any atom is -0.385 e. The fourth-order valence-electron chi connectivity index (χ4n) is 2.15. The molecule has 118 valence electrons. The summed E-state index contributed by atoms with van der Waals surface area (Å²) in [5.74, 6) is 0. The Bertz CT molecular complexity index is 720. The van der Waals surface area contributed by atoms with Crippen LogP contribution in [0.15, 0.2) is 41.3 Å². The fraction of sp³-hybridized carbons (Fsp3) is 0.312. The Labute approximate surface area is 126 Å². The lowest BCUT2D eigenvalue weighted by Crippen LogP contribution is -2.20. The number of hydrogen-bond donors (Lipinski definition) is 1. The molecule has 0 aliphatic carbocycles. The molecule has 0 bridgehead atoms. The predicted molar refractivity (Wildman–Crippen MR) is 80.6 cm³/mol. The second kappa shape index (κ2) is 6.25. The third-order valence-corrected chi connectivity index (χ3v) is 3.27. The van der Waals surface area contributed by atoms with Gasteiger partial charge in [-0.3, -0.25) is 9.36 Å². The van der Waals surface area contributed by atoms with E-state index in [-0.39, 0.29) is 0 Å². The second-order valence-corrected chi connectivity index (χ2v) is 5.05. The van der Waals surface area contributed by atoms with Gasteiger partial charge in [-0.25, -0.2) is 0 Å². The van der Waals surface area contributed by atoms with Crippen LogP contribution in [0.3, 0.4) is 0 Å². The average molecular weight is 310 g/mol. The normalized spacial score (nSPS) is 11.5. The van der Waals surface area contributed by atoms with Crippen LogP contribution in [-0.2, 0) is 6.18 Å². The van der Waals surface area contributed by atoms with E-state index in [2.05, 4.69) is 5.32 Å². The zero-order valence-electron chi connectivity index (χ0n) is 12.4. The first-order valence-corrected chi connectivity index (χ1v) is 6.97. The van der Waals surface area contributed by atoms with E-state index in [1.165, 1.54) is 0 Å². The number of anilines is 1. The van der Waals surface area contributed by atoms with E-state index in [1.54, 1.807) is 19.1 Å². The molecule has 0 spiro atoms. The monoisotopic (exact) mass is 310 g/mol. The van der Waals surface area contributed by atoms with E-state index in [1.807, 2.05) is 13.0 Å². The molecule has 2 aromatic rings. The van der Waals surface area contributed by atoms with E-state index in [0.29, 0.717) is 5.69 Å². The molecular formula is C16H17F3N2O. The van der Waals surface area contributed by atoms with Crippen molar-refractivity contribution in [3.8, 4) is 5.69 Å². The molecule has 0 unspecified atom stereocenters.